The van der Waals surface area contributed by atoms with E-state index >= 15 is 0 Å². The molecule has 0 saturated carbocycles. The Hall–Kier alpha value is -0.900. The summed E-state index contributed by atoms with van der Waals surface area (Å²) in [7, 11) is 0. The Bertz CT molecular complexity index is 263. The van der Waals surface area contributed by atoms with Gasteiger partial charge in [0.25, 0.3) is 0 Å². The smallest absolute Gasteiger partial charge is 0.0692 e. The van der Waals surface area contributed by atoms with E-state index in [1.807, 2.05) is 10.9 Å². The van der Waals surface area contributed by atoms with E-state index in [2.05, 4.69) is 24.2 Å². The van der Waals surface area contributed by atoms with Gasteiger partial charge in [-0.1, -0.05) is 5.21 Å². The van der Waals surface area contributed by atoms with Crippen molar-refractivity contribution in [2.24, 2.45) is 5.92 Å². The van der Waals surface area contributed by atoms with E-state index in [0.717, 1.165) is 19.4 Å². The van der Waals surface area contributed by atoms with Crippen LogP contribution in [0, 0.1) is 5.92 Å². The molecule has 0 aromatic carbocycles. The van der Waals surface area contributed by atoms with Gasteiger partial charge in [0, 0.05) is 12.7 Å². The van der Waals surface area contributed by atoms with Gasteiger partial charge in [-0.2, -0.15) is 0 Å². The van der Waals surface area contributed by atoms with Crippen LogP contribution < -0.4 is 0 Å². The summed E-state index contributed by atoms with van der Waals surface area (Å²) in [6, 6.07) is 0. The summed E-state index contributed by atoms with van der Waals surface area (Å²) in [6.45, 7) is 5.26. The highest BCUT2D eigenvalue weighted by molar-refractivity contribution is 4.75. The van der Waals surface area contributed by atoms with Crippen molar-refractivity contribution in [3.63, 3.8) is 0 Å². The second-order valence-electron chi connectivity index (χ2n) is 4.22. The zero-order chi connectivity index (χ0) is 9.97. The molecular weight excluding hydrogens is 178 g/mol. The normalized spacial score (nSPS) is 33.1. The average molecular weight is 195 g/mol. The van der Waals surface area contributed by atoms with Crippen molar-refractivity contribution in [2.45, 2.75) is 45.4 Å². The van der Waals surface area contributed by atoms with Gasteiger partial charge in [-0.05, 0) is 32.6 Å². The van der Waals surface area contributed by atoms with E-state index in [-0.39, 0.29) is 0 Å². The molecule has 2 rings (SSSR count). The highest BCUT2D eigenvalue weighted by atomic mass is 16.5. The van der Waals surface area contributed by atoms with Crippen molar-refractivity contribution >= 4 is 0 Å². The molecule has 4 heteroatoms. The van der Waals surface area contributed by atoms with Gasteiger partial charge in [0.05, 0.1) is 18.4 Å². The van der Waals surface area contributed by atoms with E-state index < -0.39 is 0 Å². The van der Waals surface area contributed by atoms with Crippen molar-refractivity contribution in [3.8, 4) is 0 Å². The van der Waals surface area contributed by atoms with Crippen molar-refractivity contribution in [3.05, 3.63) is 12.4 Å². The van der Waals surface area contributed by atoms with Crippen LogP contribution in [0.4, 0.5) is 0 Å². The SMILES string of the molecule is C[C@@H]1CC(Cn2ccnn2)C[C@H](C)O1. The van der Waals surface area contributed by atoms with E-state index in [1.165, 1.54) is 0 Å². The molecule has 0 aliphatic carbocycles. The van der Waals surface area contributed by atoms with Crippen LogP contribution in [-0.2, 0) is 11.3 Å². The Kier molecular flexibility index (Phi) is 2.82. The predicted octanol–water partition coefficient (Wildman–Crippen LogP) is 1.48. The fraction of sp³-hybridized carbons (Fsp3) is 0.800. The summed E-state index contributed by atoms with van der Waals surface area (Å²) >= 11 is 0. The fourth-order valence-corrected chi connectivity index (χ4v) is 2.29. The van der Waals surface area contributed by atoms with E-state index in [4.69, 9.17) is 4.74 Å². The Morgan fingerprint density at radius 1 is 1.36 bits per heavy atom. The molecule has 78 valence electrons. The van der Waals surface area contributed by atoms with Crippen LogP contribution in [0.1, 0.15) is 26.7 Å². The molecule has 0 bridgehead atoms. The molecule has 1 aliphatic heterocycles. The molecule has 0 radical (unpaired) electrons. The molecule has 1 fully saturated rings. The first-order chi connectivity index (χ1) is 6.74. The number of aromatic nitrogens is 3. The van der Waals surface area contributed by atoms with Crippen LogP contribution in [0.25, 0.3) is 0 Å². The maximum Gasteiger partial charge on any atom is 0.0692 e. The fourth-order valence-electron chi connectivity index (χ4n) is 2.29. The van der Waals surface area contributed by atoms with Crippen molar-refractivity contribution in [2.75, 3.05) is 0 Å². The summed E-state index contributed by atoms with van der Waals surface area (Å²) in [5, 5.41) is 7.79. The van der Waals surface area contributed by atoms with Gasteiger partial charge < -0.3 is 4.74 Å². The number of hydrogen-bond acceptors (Lipinski definition) is 3. The van der Waals surface area contributed by atoms with Crippen LogP contribution in [0.5, 0.6) is 0 Å². The van der Waals surface area contributed by atoms with Crippen LogP contribution in [0.3, 0.4) is 0 Å². The summed E-state index contributed by atoms with van der Waals surface area (Å²) in [5.74, 6) is 0.676. The summed E-state index contributed by atoms with van der Waals surface area (Å²) in [4.78, 5) is 0. The summed E-state index contributed by atoms with van der Waals surface area (Å²) < 4.78 is 7.60. The lowest BCUT2D eigenvalue weighted by atomic mass is 9.93. The molecule has 1 aromatic rings. The Morgan fingerprint density at radius 3 is 2.64 bits per heavy atom. The van der Waals surface area contributed by atoms with E-state index in [9.17, 15) is 0 Å². The molecule has 1 aromatic heterocycles. The first kappa shape index (κ1) is 9.65. The van der Waals surface area contributed by atoms with Gasteiger partial charge in [0.1, 0.15) is 0 Å². The first-order valence-electron chi connectivity index (χ1n) is 5.23. The van der Waals surface area contributed by atoms with Crippen molar-refractivity contribution in [1.29, 1.82) is 0 Å². The maximum atomic E-state index is 5.69. The monoisotopic (exact) mass is 195 g/mol. The molecule has 3 atom stereocenters. The standard InChI is InChI=1S/C10H17N3O/c1-8-5-10(6-9(2)14-8)7-13-4-3-11-12-13/h3-4,8-10H,5-7H2,1-2H3/t8-,9+,10?. The number of hydrogen-bond donors (Lipinski definition) is 0. The second-order valence-corrected chi connectivity index (χ2v) is 4.22. The quantitative estimate of drug-likeness (QED) is 0.717. The van der Waals surface area contributed by atoms with Gasteiger partial charge in [-0.25, -0.2) is 0 Å². The molecule has 1 unspecified atom stereocenters. The molecule has 0 amide bonds. The van der Waals surface area contributed by atoms with Gasteiger partial charge in [-0.3, -0.25) is 4.68 Å². The van der Waals surface area contributed by atoms with Gasteiger partial charge in [-0.15, -0.1) is 5.10 Å². The van der Waals surface area contributed by atoms with Gasteiger partial charge in [0.2, 0.25) is 0 Å². The minimum Gasteiger partial charge on any atom is -0.376 e. The third-order valence-electron chi connectivity index (χ3n) is 2.71. The van der Waals surface area contributed by atoms with Crippen molar-refractivity contribution in [1.82, 2.24) is 15.0 Å². The molecule has 2 heterocycles. The van der Waals surface area contributed by atoms with Gasteiger partial charge >= 0.3 is 0 Å². The molecule has 1 aliphatic rings. The number of rotatable bonds is 2. The van der Waals surface area contributed by atoms with Crippen molar-refractivity contribution < 1.29 is 4.74 Å². The zero-order valence-corrected chi connectivity index (χ0v) is 8.76. The maximum absolute atomic E-state index is 5.69. The predicted molar refractivity (Wildman–Crippen MR) is 52.8 cm³/mol. The van der Waals surface area contributed by atoms with Gasteiger partial charge in [0.15, 0.2) is 0 Å². The minimum atomic E-state index is 0.382. The van der Waals surface area contributed by atoms with Crippen LogP contribution in [-0.4, -0.2) is 27.2 Å². The van der Waals surface area contributed by atoms with Crippen LogP contribution >= 0.6 is 0 Å². The Balaban J connectivity index is 1.91. The molecule has 4 nitrogen and oxygen atoms in total. The summed E-state index contributed by atoms with van der Waals surface area (Å²) in [5.41, 5.74) is 0. The highest BCUT2D eigenvalue weighted by Crippen LogP contribution is 2.25. The zero-order valence-electron chi connectivity index (χ0n) is 8.76. The second kappa shape index (κ2) is 4.09. The molecule has 14 heavy (non-hydrogen) atoms. The van der Waals surface area contributed by atoms with Crippen LogP contribution in [0.2, 0.25) is 0 Å². The number of ether oxygens (including phenoxy) is 1. The largest absolute Gasteiger partial charge is 0.376 e. The van der Waals surface area contributed by atoms with Crippen LogP contribution in [0.15, 0.2) is 12.4 Å². The lowest BCUT2D eigenvalue weighted by Gasteiger charge is -2.31. The third kappa shape index (κ3) is 2.32. The Labute approximate surface area is 84.3 Å². The summed E-state index contributed by atoms with van der Waals surface area (Å²) in [6.07, 6.45) is 6.67. The van der Waals surface area contributed by atoms with E-state index in [1.54, 1.807) is 6.20 Å². The molecule has 1 saturated heterocycles. The minimum absolute atomic E-state index is 0.382. The molecule has 0 spiro atoms. The lowest BCUT2D eigenvalue weighted by Crippen LogP contribution is -2.31. The lowest BCUT2D eigenvalue weighted by molar-refractivity contribution is -0.0554. The topological polar surface area (TPSA) is 39.9 Å². The first-order valence-corrected chi connectivity index (χ1v) is 5.23. The number of nitrogens with zero attached hydrogens (tertiary/aromatic N) is 3. The average Bonchev–Trinajstić information content (AvgIpc) is 2.54. The molecular formula is C10H17N3O. The Morgan fingerprint density at radius 2 is 2.07 bits per heavy atom. The highest BCUT2D eigenvalue weighted by Gasteiger charge is 2.24. The molecule has 0 N–H and O–H groups in total. The van der Waals surface area contributed by atoms with E-state index in [0.29, 0.717) is 18.1 Å². The third-order valence-corrected chi connectivity index (χ3v) is 2.71.